The molecule has 0 saturated carbocycles. The second-order valence-corrected chi connectivity index (χ2v) is 7.53. The fourth-order valence-electron chi connectivity index (χ4n) is 2.81. The van der Waals surface area contributed by atoms with Crippen molar-refractivity contribution in [3.8, 4) is 11.5 Å². The van der Waals surface area contributed by atoms with Gasteiger partial charge in [0.1, 0.15) is 31.5 Å². The molecule has 1 saturated heterocycles. The Morgan fingerprint density at radius 3 is 2.75 bits per heavy atom. The Bertz CT molecular complexity index is 731. The molecule has 0 spiro atoms. The Labute approximate surface area is 164 Å². The number of amides is 1. The van der Waals surface area contributed by atoms with Gasteiger partial charge in [0.15, 0.2) is 17.3 Å². The number of ether oxygens (including phenoxy) is 4. The van der Waals surface area contributed by atoms with Gasteiger partial charge in [-0.2, -0.15) is 0 Å². The Hall–Kier alpha value is -2.68. The van der Waals surface area contributed by atoms with Crippen molar-refractivity contribution in [2.45, 2.75) is 39.0 Å². The first-order valence-corrected chi connectivity index (χ1v) is 9.25. The van der Waals surface area contributed by atoms with Crippen molar-refractivity contribution in [2.24, 2.45) is 10.9 Å². The molecular weight excluding hydrogens is 366 g/mol. The summed E-state index contributed by atoms with van der Waals surface area (Å²) in [5.74, 6) is 1.55. The van der Waals surface area contributed by atoms with Crippen molar-refractivity contribution in [1.29, 1.82) is 0 Å². The van der Waals surface area contributed by atoms with Gasteiger partial charge in [0, 0.05) is 6.54 Å². The summed E-state index contributed by atoms with van der Waals surface area (Å²) in [6.07, 6.45) is -0.453. The molecule has 9 nitrogen and oxygen atoms in total. The standard InChI is InChI=1S/C19H27N3O6/c1-19(2,3)28-18(23)22-6-7-24-12-14(22)17(20)21-27-11-13-4-5-15-16(10-13)26-9-8-25-15/h4-5,10,14H,6-9,11-12H2,1-3H3,(H2,20,21). The molecule has 1 atom stereocenters. The predicted molar refractivity (Wildman–Crippen MR) is 101 cm³/mol. The van der Waals surface area contributed by atoms with Crippen LogP contribution in [0.1, 0.15) is 26.3 Å². The number of nitrogens with two attached hydrogens (primary N) is 1. The number of oxime groups is 1. The SMILES string of the molecule is CC(C)(C)OC(=O)N1CCOCC1C(N)=NOCc1ccc2c(c1)OCCO2. The lowest BCUT2D eigenvalue weighted by Crippen LogP contribution is -2.55. The van der Waals surface area contributed by atoms with Crippen molar-refractivity contribution in [3.63, 3.8) is 0 Å². The molecule has 2 aliphatic heterocycles. The lowest BCUT2D eigenvalue weighted by molar-refractivity contribution is -0.0190. The summed E-state index contributed by atoms with van der Waals surface area (Å²) in [5, 5.41) is 3.98. The van der Waals surface area contributed by atoms with E-state index in [2.05, 4.69) is 5.16 Å². The van der Waals surface area contributed by atoms with E-state index in [1.165, 1.54) is 4.90 Å². The van der Waals surface area contributed by atoms with Crippen LogP contribution >= 0.6 is 0 Å². The van der Waals surface area contributed by atoms with Gasteiger partial charge in [0.05, 0.1) is 13.2 Å². The van der Waals surface area contributed by atoms with Gasteiger partial charge >= 0.3 is 6.09 Å². The number of carbonyl (C=O) groups excluding carboxylic acids is 1. The Kier molecular flexibility index (Phi) is 6.13. The molecule has 28 heavy (non-hydrogen) atoms. The number of amidine groups is 1. The average molecular weight is 393 g/mol. The van der Waals surface area contributed by atoms with E-state index in [1.807, 2.05) is 39.0 Å². The maximum Gasteiger partial charge on any atom is 0.411 e. The molecule has 3 rings (SSSR count). The number of benzene rings is 1. The summed E-state index contributed by atoms with van der Waals surface area (Å²) in [4.78, 5) is 19.3. The third kappa shape index (κ3) is 5.19. The van der Waals surface area contributed by atoms with Crippen LogP contribution < -0.4 is 15.2 Å². The lowest BCUT2D eigenvalue weighted by atomic mass is 10.2. The monoisotopic (exact) mass is 393 g/mol. The molecule has 0 aromatic heterocycles. The van der Waals surface area contributed by atoms with Crippen molar-refractivity contribution in [3.05, 3.63) is 23.8 Å². The molecule has 1 aromatic carbocycles. The van der Waals surface area contributed by atoms with Crippen LogP contribution in [0.5, 0.6) is 11.5 Å². The van der Waals surface area contributed by atoms with Gasteiger partial charge in [0.2, 0.25) is 0 Å². The predicted octanol–water partition coefficient (Wildman–Crippen LogP) is 1.88. The molecule has 9 heteroatoms. The fraction of sp³-hybridized carbons (Fsp3) is 0.579. The Balaban J connectivity index is 1.60. The molecule has 154 valence electrons. The average Bonchev–Trinajstić information content (AvgIpc) is 2.66. The minimum atomic E-state index is -0.597. The summed E-state index contributed by atoms with van der Waals surface area (Å²) in [5.41, 5.74) is 6.34. The van der Waals surface area contributed by atoms with Gasteiger partial charge < -0.3 is 29.5 Å². The van der Waals surface area contributed by atoms with Crippen LogP contribution in [0.15, 0.2) is 23.4 Å². The molecular formula is C19H27N3O6. The fourth-order valence-corrected chi connectivity index (χ4v) is 2.81. The lowest BCUT2D eigenvalue weighted by Gasteiger charge is -2.35. The molecule has 1 unspecified atom stereocenters. The van der Waals surface area contributed by atoms with Gasteiger partial charge in [-0.05, 0) is 38.5 Å². The van der Waals surface area contributed by atoms with Crippen LogP contribution in [-0.2, 0) is 20.9 Å². The zero-order valence-electron chi connectivity index (χ0n) is 16.5. The highest BCUT2D eigenvalue weighted by Crippen LogP contribution is 2.30. The highest BCUT2D eigenvalue weighted by Gasteiger charge is 2.33. The van der Waals surface area contributed by atoms with Crippen LogP contribution in [0, 0.1) is 0 Å². The topological polar surface area (TPSA) is 105 Å². The number of hydrogen-bond acceptors (Lipinski definition) is 7. The highest BCUT2D eigenvalue weighted by molar-refractivity contribution is 5.88. The molecule has 1 fully saturated rings. The van der Waals surface area contributed by atoms with E-state index >= 15 is 0 Å². The Morgan fingerprint density at radius 1 is 1.25 bits per heavy atom. The number of fused-ring (bicyclic) bond motifs is 1. The van der Waals surface area contributed by atoms with Gasteiger partial charge in [-0.25, -0.2) is 4.79 Å². The Morgan fingerprint density at radius 2 is 2.00 bits per heavy atom. The van der Waals surface area contributed by atoms with Crippen LogP contribution in [0.3, 0.4) is 0 Å². The normalized spacial score (nSPS) is 19.9. The van der Waals surface area contributed by atoms with E-state index < -0.39 is 17.7 Å². The zero-order chi connectivity index (χ0) is 20.1. The number of hydrogen-bond donors (Lipinski definition) is 1. The molecule has 2 aliphatic rings. The van der Waals surface area contributed by atoms with Gasteiger partial charge in [-0.1, -0.05) is 11.2 Å². The van der Waals surface area contributed by atoms with Gasteiger partial charge in [-0.15, -0.1) is 0 Å². The third-order valence-corrected chi connectivity index (χ3v) is 4.11. The second kappa shape index (κ2) is 8.55. The van der Waals surface area contributed by atoms with Crippen LogP contribution in [0.25, 0.3) is 0 Å². The van der Waals surface area contributed by atoms with Gasteiger partial charge in [-0.3, -0.25) is 4.90 Å². The quantitative estimate of drug-likeness (QED) is 0.473. The van der Waals surface area contributed by atoms with E-state index in [0.29, 0.717) is 37.9 Å². The number of nitrogens with zero attached hydrogens (tertiary/aromatic N) is 2. The molecule has 1 amide bonds. The first-order chi connectivity index (χ1) is 13.3. The van der Waals surface area contributed by atoms with Crippen LogP contribution in [0.2, 0.25) is 0 Å². The summed E-state index contributed by atoms with van der Waals surface area (Å²) >= 11 is 0. The minimum absolute atomic E-state index is 0.156. The van der Waals surface area contributed by atoms with E-state index in [-0.39, 0.29) is 19.0 Å². The van der Waals surface area contributed by atoms with Crippen molar-refractivity contribution >= 4 is 11.9 Å². The smallest absolute Gasteiger partial charge is 0.411 e. The summed E-state index contributed by atoms with van der Waals surface area (Å²) in [7, 11) is 0. The first-order valence-electron chi connectivity index (χ1n) is 9.25. The van der Waals surface area contributed by atoms with Crippen molar-refractivity contribution in [2.75, 3.05) is 33.0 Å². The van der Waals surface area contributed by atoms with E-state index in [1.54, 1.807) is 0 Å². The van der Waals surface area contributed by atoms with E-state index in [4.69, 9.17) is 29.5 Å². The summed E-state index contributed by atoms with van der Waals surface area (Å²) in [6.45, 7) is 7.74. The largest absolute Gasteiger partial charge is 0.486 e. The molecule has 0 radical (unpaired) electrons. The molecule has 2 N–H and O–H groups in total. The maximum atomic E-state index is 12.4. The molecule has 1 aromatic rings. The maximum absolute atomic E-state index is 12.4. The number of morpholine rings is 1. The number of rotatable bonds is 4. The third-order valence-electron chi connectivity index (χ3n) is 4.11. The van der Waals surface area contributed by atoms with E-state index in [0.717, 1.165) is 5.56 Å². The van der Waals surface area contributed by atoms with Crippen LogP contribution in [0.4, 0.5) is 4.79 Å². The molecule has 0 bridgehead atoms. The van der Waals surface area contributed by atoms with Crippen molar-refractivity contribution in [1.82, 2.24) is 4.90 Å². The molecule has 2 heterocycles. The second-order valence-electron chi connectivity index (χ2n) is 7.53. The first kappa shape index (κ1) is 20.1. The minimum Gasteiger partial charge on any atom is -0.486 e. The number of carbonyl (C=O) groups is 1. The molecule has 0 aliphatic carbocycles. The summed E-state index contributed by atoms with van der Waals surface area (Å²) < 4.78 is 21.9. The van der Waals surface area contributed by atoms with Crippen molar-refractivity contribution < 1.29 is 28.6 Å². The highest BCUT2D eigenvalue weighted by atomic mass is 16.6. The van der Waals surface area contributed by atoms with Crippen LogP contribution in [-0.4, -0.2) is 61.4 Å². The van der Waals surface area contributed by atoms with Gasteiger partial charge in [0.25, 0.3) is 0 Å². The zero-order valence-corrected chi connectivity index (χ0v) is 16.5. The van der Waals surface area contributed by atoms with E-state index in [9.17, 15) is 4.79 Å². The summed E-state index contributed by atoms with van der Waals surface area (Å²) in [6, 6.07) is 5.01.